The molecule has 0 unspecified atom stereocenters. The minimum absolute atomic E-state index is 0.127. The fourth-order valence-electron chi connectivity index (χ4n) is 3.52. The van der Waals surface area contributed by atoms with Crippen LogP contribution in [0.2, 0.25) is 0 Å². The number of carbonyl (C=O) groups is 1. The van der Waals surface area contributed by atoms with Gasteiger partial charge in [-0.2, -0.15) is 5.10 Å². The Morgan fingerprint density at radius 1 is 1.11 bits per heavy atom. The summed E-state index contributed by atoms with van der Waals surface area (Å²) in [6.45, 7) is 3.85. The maximum Gasteiger partial charge on any atom is 0.227 e. The van der Waals surface area contributed by atoms with Crippen molar-refractivity contribution in [3.05, 3.63) is 88.7 Å². The number of aliphatic hydroxyl groups is 1. The highest BCUT2D eigenvalue weighted by Crippen LogP contribution is 2.24. The summed E-state index contributed by atoms with van der Waals surface area (Å²) >= 11 is 0. The van der Waals surface area contributed by atoms with Crippen molar-refractivity contribution < 1.29 is 9.90 Å². The minimum Gasteiger partial charge on any atom is -0.382 e. The largest absolute Gasteiger partial charge is 0.382 e. The molecule has 1 aliphatic heterocycles. The molecule has 0 aliphatic carbocycles. The van der Waals surface area contributed by atoms with Gasteiger partial charge >= 0.3 is 0 Å². The van der Waals surface area contributed by atoms with Gasteiger partial charge in [-0.25, -0.2) is 0 Å². The van der Waals surface area contributed by atoms with E-state index < -0.39 is 6.10 Å². The highest BCUT2D eigenvalue weighted by atomic mass is 16.3. The summed E-state index contributed by atoms with van der Waals surface area (Å²) in [6, 6.07) is 19.4. The summed E-state index contributed by atoms with van der Waals surface area (Å²) < 4.78 is 1.90. The van der Waals surface area contributed by atoms with Crippen LogP contribution in [0, 0.1) is 6.92 Å². The maximum absolute atomic E-state index is 12.7. The molecule has 138 valence electrons. The van der Waals surface area contributed by atoms with Crippen LogP contribution in [0.3, 0.4) is 0 Å². The number of rotatable bonds is 4. The standard InChI is InChI=1S/C22H23N3O2/c1-16-7-5-6-10-18(16)13-21(26)24-11-12-25-19(15-24)14-20(23-25)22(27)17-8-3-2-4-9-17/h2-10,14,22,27H,11-13,15H2,1H3/t22-/m1/s1. The molecule has 0 saturated carbocycles. The van der Waals surface area contributed by atoms with Crippen LogP contribution in [0.15, 0.2) is 60.7 Å². The summed E-state index contributed by atoms with van der Waals surface area (Å²) in [5, 5.41) is 15.1. The van der Waals surface area contributed by atoms with Crippen molar-refractivity contribution in [2.75, 3.05) is 6.54 Å². The van der Waals surface area contributed by atoms with Crippen molar-refractivity contribution in [3.8, 4) is 0 Å². The van der Waals surface area contributed by atoms with Crippen molar-refractivity contribution in [1.29, 1.82) is 0 Å². The molecular formula is C22H23N3O2. The van der Waals surface area contributed by atoms with E-state index in [4.69, 9.17) is 0 Å². The van der Waals surface area contributed by atoms with E-state index in [1.165, 1.54) is 0 Å². The molecule has 1 atom stereocenters. The monoisotopic (exact) mass is 361 g/mol. The van der Waals surface area contributed by atoms with Crippen molar-refractivity contribution in [1.82, 2.24) is 14.7 Å². The van der Waals surface area contributed by atoms with Gasteiger partial charge in [-0.3, -0.25) is 9.48 Å². The lowest BCUT2D eigenvalue weighted by atomic mass is 10.0. The smallest absolute Gasteiger partial charge is 0.227 e. The normalized spacial score (nSPS) is 14.7. The fourth-order valence-corrected chi connectivity index (χ4v) is 3.52. The zero-order valence-corrected chi connectivity index (χ0v) is 15.4. The Bertz CT molecular complexity index is 949. The van der Waals surface area contributed by atoms with E-state index in [-0.39, 0.29) is 5.91 Å². The minimum atomic E-state index is -0.750. The van der Waals surface area contributed by atoms with Crippen LogP contribution in [0.5, 0.6) is 0 Å². The van der Waals surface area contributed by atoms with E-state index in [0.29, 0.717) is 31.7 Å². The van der Waals surface area contributed by atoms with Gasteiger partial charge < -0.3 is 10.0 Å². The van der Waals surface area contributed by atoms with Crippen LogP contribution >= 0.6 is 0 Å². The van der Waals surface area contributed by atoms with Crippen LogP contribution in [-0.2, 0) is 24.3 Å². The SMILES string of the molecule is Cc1ccccc1CC(=O)N1CCn2nc([C@H](O)c3ccccc3)cc2C1. The van der Waals surface area contributed by atoms with Gasteiger partial charge in [0.1, 0.15) is 6.10 Å². The molecule has 1 aliphatic rings. The van der Waals surface area contributed by atoms with Crippen molar-refractivity contribution >= 4 is 5.91 Å². The zero-order chi connectivity index (χ0) is 18.8. The number of amides is 1. The number of hydrogen-bond donors (Lipinski definition) is 1. The Morgan fingerprint density at radius 3 is 2.63 bits per heavy atom. The molecule has 5 heteroatoms. The molecule has 2 aromatic carbocycles. The first-order valence-corrected chi connectivity index (χ1v) is 9.24. The fraction of sp³-hybridized carbons (Fsp3) is 0.273. The Labute approximate surface area is 158 Å². The summed E-state index contributed by atoms with van der Waals surface area (Å²) in [4.78, 5) is 14.6. The second kappa shape index (κ2) is 7.37. The number of fused-ring (bicyclic) bond motifs is 1. The Balaban J connectivity index is 1.48. The Morgan fingerprint density at radius 2 is 1.85 bits per heavy atom. The van der Waals surface area contributed by atoms with Gasteiger partial charge in [-0.15, -0.1) is 0 Å². The Kier molecular flexibility index (Phi) is 4.77. The van der Waals surface area contributed by atoms with Crippen molar-refractivity contribution in [2.24, 2.45) is 0 Å². The summed E-state index contributed by atoms with van der Waals surface area (Å²) in [5.74, 6) is 0.127. The third-order valence-corrected chi connectivity index (χ3v) is 5.17. The van der Waals surface area contributed by atoms with E-state index >= 15 is 0 Å². The molecule has 0 bridgehead atoms. The average Bonchev–Trinajstić information content (AvgIpc) is 3.13. The van der Waals surface area contributed by atoms with E-state index in [1.807, 2.05) is 77.2 Å². The summed E-state index contributed by atoms with van der Waals surface area (Å²) in [5.41, 5.74) is 4.62. The molecule has 0 fully saturated rings. The van der Waals surface area contributed by atoms with Gasteiger partial charge in [0.25, 0.3) is 0 Å². The third-order valence-electron chi connectivity index (χ3n) is 5.17. The van der Waals surface area contributed by atoms with Crippen LogP contribution < -0.4 is 0 Å². The molecule has 1 amide bonds. The lowest BCUT2D eigenvalue weighted by Crippen LogP contribution is -2.39. The maximum atomic E-state index is 12.7. The summed E-state index contributed by atoms with van der Waals surface area (Å²) in [7, 11) is 0. The van der Waals surface area contributed by atoms with E-state index in [9.17, 15) is 9.90 Å². The van der Waals surface area contributed by atoms with Gasteiger partial charge in [0.2, 0.25) is 5.91 Å². The molecule has 1 aromatic heterocycles. The van der Waals surface area contributed by atoms with Crippen molar-refractivity contribution in [2.45, 2.75) is 32.5 Å². The molecule has 0 saturated heterocycles. The number of hydrogen-bond acceptors (Lipinski definition) is 3. The average molecular weight is 361 g/mol. The predicted octanol–water partition coefficient (Wildman–Crippen LogP) is 2.86. The van der Waals surface area contributed by atoms with Gasteiger partial charge in [0, 0.05) is 6.54 Å². The lowest BCUT2D eigenvalue weighted by molar-refractivity contribution is -0.132. The molecule has 3 aromatic rings. The topological polar surface area (TPSA) is 58.4 Å². The first-order valence-electron chi connectivity index (χ1n) is 9.24. The molecule has 27 heavy (non-hydrogen) atoms. The van der Waals surface area contributed by atoms with E-state index in [2.05, 4.69) is 5.10 Å². The van der Waals surface area contributed by atoms with Gasteiger partial charge in [-0.05, 0) is 29.7 Å². The zero-order valence-electron chi connectivity index (χ0n) is 15.4. The number of nitrogens with zero attached hydrogens (tertiary/aromatic N) is 3. The van der Waals surface area contributed by atoms with Crippen LogP contribution in [0.1, 0.15) is 34.2 Å². The molecule has 0 spiro atoms. The first-order chi connectivity index (χ1) is 13.1. The second-order valence-corrected chi connectivity index (χ2v) is 7.02. The van der Waals surface area contributed by atoms with Crippen LogP contribution in [0.4, 0.5) is 0 Å². The number of aliphatic hydroxyl groups excluding tert-OH is 1. The molecule has 4 rings (SSSR count). The number of benzene rings is 2. The number of aryl methyl sites for hydroxylation is 1. The quantitative estimate of drug-likeness (QED) is 0.777. The van der Waals surface area contributed by atoms with E-state index in [0.717, 1.165) is 22.4 Å². The molecule has 1 N–H and O–H groups in total. The molecular weight excluding hydrogens is 338 g/mol. The molecule has 5 nitrogen and oxygen atoms in total. The molecule has 0 radical (unpaired) electrons. The highest BCUT2D eigenvalue weighted by Gasteiger charge is 2.24. The third kappa shape index (κ3) is 3.64. The van der Waals surface area contributed by atoms with Crippen LogP contribution in [-0.4, -0.2) is 32.2 Å². The Hall–Kier alpha value is -2.92. The molecule has 2 heterocycles. The van der Waals surface area contributed by atoms with Crippen molar-refractivity contribution in [3.63, 3.8) is 0 Å². The second-order valence-electron chi connectivity index (χ2n) is 7.02. The lowest BCUT2D eigenvalue weighted by Gasteiger charge is -2.28. The van der Waals surface area contributed by atoms with Crippen LogP contribution in [0.25, 0.3) is 0 Å². The number of carbonyl (C=O) groups excluding carboxylic acids is 1. The van der Waals surface area contributed by atoms with E-state index in [1.54, 1.807) is 0 Å². The predicted molar refractivity (Wildman–Crippen MR) is 103 cm³/mol. The first kappa shape index (κ1) is 17.5. The number of aromatic nitrogens is 2. The summed E-state index contributed by atoms with van der Waals surface area (Å²) in [6.07, 6.45) is -0.333. The highest BCUT2D eigenvalue weighted by molar-refractivity contribution is 5.79. The van der Waals surface area contributed by atoms with Gasteiger partial charge in [-0.1, -0.05) is 54.6 Å². The van der Waals surface area contributed by atoms with Gasteiger partial charge in [0.15, 0.2) is 0 Å². The van der Waals surface area contributed by atoms with Gasteiger partial charge in [0.05, 0.1) is 30.9 Å².